The molecule has 1 aliphatic rings. The molecule has 1 heterocycles. The first-order valence-corrected chi connectivity index (χ1v) is 5.40. The fourth-order valence-corrected chi connectivity index (χ4v) is 1.91. The lowest BCUT2D eigenvalue weighted by Crippen LogP contribution is -2.47. The van der Waals surface area contributed by atoms with E-state index < -0.39 is 6.04 Å². The summed E-state index contributed by atoms with van der Waals surface area (Å²) < 4.78 is 5.05. The van der Waals surface area contributed by atoms with Crippen LogP contribution in [-0.2, 0) is 0 Å². The van der Waals surface area contributed by atoms with E-state index in [1.54, 1.807) is 18.2 Å². The molecule has 2 rings (SSSR count). The van der Waals surface area contributed by atoms with Gasteiger partial charge in [-0.3, -0.25) is 9.59 Å². The van der Waals surface area contributed by atoms with Crippen LogP contribution < -0.4 is 15.8 Å². The summed E-state index contributed by atoms with van der Waals surface area (Å²) in [4.78, 5) is 23.9. The Morgan fingerprint density at radius 2 is 2.12 bits per heavy atom. The number of amides is 1. The van der Waals surface area contributed by atoms with E-state index in [2.05, 4.69) is 5.32 Å². The Morgan fingerprint density at radius 3 is 2.76 bits per heavy atom. The monoisotopic (exact) mass is 234 g/mol. The second-order valence-electron chi connectivity index (χ2n) is 3.88. The lowest BCUT2D eigenvalue weighted by Gasteiger charge is -2.24. The van der Waals surface area contributed by atoms with Crippen LogP contribution in [0.2, 0.25) is 0 Å². The van der Waals surface area contributed by atoms with Crippen molar-refractivity contribution in [3.63, 3.8) is 0 Å². The van der Waals surface area contributed by atoms with E-state index in [0.29, 0.717) is 29.8 Å². The molecule has 1 aromatic carbocycles. The van der Waals surface area contributed by atoms with Crippen LogP contribution >= 0.6 is 0 Å². The zero-order valence-corrected chi connectivity index (χ0v) is 9.53. The van der Waals surface area contributed by atoms with Crippen LogP contribution in [0.1, 0.15) is 27.1 Å². The van der Waals surface area contributed by atoms with E-state index >= 15 is 0 Å². The minimum Gasteiger partial charge on any atom is -0.497 e. The van der Waals surface area contributed by atoms with E-state index in [1.807, 2.05) is 0 Å². The number of ketones is 1. The average molecular weight is 234 g/mol. The van der Waals surface area contributed by atoms with Gasteiger partial charge in [-0.15, -0.1) is 0 Å². The molecule has 0 saturated heterocycles. The zero-order valence-electron chi connectivity index (χ0n) is 9.53. The number of benzene rings is 1. The van der Waals surface area contributed by atoms with Crippen molar-refractivity contribution >= 4 is 11.7 Å². The molecular formula is C12H14N2O3. The van der Waals surface area contributed by atoms with Crippen LogP contribution in [0.4, 0.5) is 0 Å². The Labute approximate surface area is 98.9 Å². The predicted octanol–water partition coefficient (Wildman–Crippen LogP) is 0.339. The molecule has 90 valence electrons. The van der Waals surface area contributed by atoms with Gasteiger partial charge in [0.1, 0.15) is 5.75 Å². The summed E-state index contributed by atoms with van der Waals surface area (Å²) >= 11 is 0. The summed E-state index contributed by atoms with van der Waals surface area (Å²) in [6, 6.07) is 4.33. The number of Topliss-reactive ketones (excluding diaryl/α,β-unsaturated/α-hetero) is 1. The molecule has 1 amide bonds. The van der Waals surface area contributed by atoms with Gasteiger partial charge in [-0.2, -0.15) is 0 Å². The largest absolute Gasteiger partial charge is 0.497 e. The number of methoxy groups -OCH3 is 1. The van der Waals surface area contributed by atoms with Crippen molar-refractivity contribution < 1.29 is 14.3 Å². The highest BCUT2D eigenvalue weighted by Crippen LogP contribution is 2.23. The minimum absolute atomic E-state index is 0.107. The molecule has 0 spiro atoms. The summed E-state index contributed by atoms with van der Waals surface area (Å²) in [5.74, 6) is 0.225. The van der Waals surface area contributed by atoms with Crippen molar-refractivity contribution in [1.82, 2.24) is 5.32 Å². The Hall–Kier alpha value is -1.88. The molecule has 0 aromatic heterocycles. The first-order chi connectivity index (χ1) is 8.17. The third kappa shape index (κ3) is 2.01. The molecule has 0 bridgehead atoms. The number of rotatable bonds is 3. The third-order valence-electron chi connectivity index (χ3n) is 2.81. The van der Waals surface area contributed by atoms with Gasteiger partial charge in [0.15, 0.2) is 5.78 Å². The molecule has 5 heteroatoms. The summed E-state index contributed by atoms with van der Waals surface area (Å²) in [5.41, 5.74) is 6.22. The highest BCUT2D eigenvalue weighted by molar-refractivity contribution is 6.15. The van der Waals surface area contributed by atoms with Crippen molar-refractivity contribution in [2.24, 2.45) is 5.73 Å². The number of carbonyl (C=O) groups is 2. The van der Waals surface area contributed by atoms with Gasteiger partial charge in [-0.25, -0.2) is 0 Å². The van der Waals surface area contributed by atoms with Gasteiger partial charge in [-0.05, 0) is 31.2 Å². The van der Waals surface area contributed by atoms with Crippen LogP contribution in [0.25, 0.3) is 0 Å². The van der Waals surface area contributed by atoms with E-state index in [1.165, 1.54) is 7.11 Å². The number of nitrogens with one attached hydrogen (secondary N) is 1. The van der Waals surface area contributed by atoms with Gasteiger partial charge in [0, 0.05) is 5.56 Å². The first-order valence-electron chi connectivity index (χ1n) is 5.40. The number of nitrogens with two attached hydrogens (primary N) is 1. The molecule has 1 aliphatic heterocycles. The van der Waals surface area contributed by atoms with E-state index in [-0.39, 0.29) is 11.7 Å². The molecule has 0 radical (unpaired) electrons. The third-order valence-corrected chi connectivity index (χ3v) is 2.81. The molecule has 0 fully saturated rings. The van der Waals surface area contributed by atoms with E-state index in [4.69, 9.17) is 10.5 Å². The second kappa shape index (κ2) is 4.55. The minimum atomic E-state index is -0.521. The smallest absolute Gasteiger partial charge is 0.252 e. The van der Waals surface area contributed by atoms with Crippen molar-refractivity contribution in [3.05, 3.63) is 29.3 Å². The summed E-state index contributed by atoms with van der Waals surface area (Å²) in [7, 11) is 1.52. The molecular weight excluding hydrogens is 220 g/mol. The molecule has 3 N–H and O–H groups in total. The van der Waals surface area contributed by atoms with E-state index in [0.717, 1.165) is 0 Å². The summed E-state index contributed by atoms with van der Waals surface area (Å²) in [5, 5.41) is 2.65. The maximum Gasteiger partial charge on any atom is 0.252 e. The highest BCUT2D eigenvalue weighted by Gasteiger charge is 2.31. The molecule has 17 heavy (non-hydrogen) atoms. The first kappa shape index (κ1) is 11.6. The van der Waals surface area contributed by atoms with Gasteiger partial charge in [-0.1, -0.05) is 0 Å². The Balaban J connectivity index is 2.43. The van der Waals surface area contributed by atoms with Crippen LogP contribution in [0.5, 0.6) is 5.75 Å². The van der Waals surface area contributed by atoms with Gasteiger partial charge in [0.25, 0.3) is 5.91 Å². The van der Waals surface area contributed by atoms with Gasteiger partial charge < -0.3 is 15.8 Å². The second-order valence-corrected chi connectivity index (χ2v) is 3.88. The van der Waals surface area contributed by atoms with Crippen molar-refractivity contribution in [2.45, 2.75) is 12.5 Å². The van der Waals surface area contributed by atoms with Crippen molar-refractivity contribution in [1.29, 1.82) is 0 Å². The molecule has 1 atom stereocenters. The lowest BCUT2D eigenvalue weighted by molar-refractivity contribution is 0.0824. The van der Waals surface area contributed by atoms with Crippen molar-refractivity contribution in [2.75, 3.05) is 13.7 Å². The number of ether oxygens (including phenoxy) is 1. The van der Waals surface area contributed by atoms with Gasteiger partial charge in [0.2, 0.25) is 0 Å². The zero-order chi connectivity index (χ0) is 12.4. The van der Waals surface area contributed by atoms with Crippen LogP contribution in [0.3, 0.4) is 0 Å². The summed E-state index contributed by atoms with van der Waals surface area (Å²) in [6.07, 6.45) is 0.446. The van der Waals surface area contributed by atoms with Gasteiger partial charge in [0.05, 0.1) is 18.7 Å². The maximum absolute atomic E-state index is 12.1. The number of hydrogen-bond acceptors (Lipinski definition) is 4. The lowest BCUT2D eigenvalue weighted by atomic mass is 9.92. The molecule has 5 nitrogen and oxygen atoms in total. The fraction of sp³-hybridized carbons (Fsp3) is 0.333. The Bertz CT molecular complexity index is 471. The standard InChI is InChI=1S/C12H14N2O3/c1-17-7-2-3-8-9(6-7)11(15)10(4-5-13)14-12(8)16/h2-3,6,10H,4-5,13H2,1H3,(H,14,16)/t10-/m0/s1. The molecule has 0 aliphatic carbocycles. The van der Waals surface area contributed by atoms with E-state index in [9.17, 15) is 9.59 Å². The Morgan fingerprint density at radius 1 is 1.35 bits per heavy atom. The molecule has 1 aromatic rings. The number of hydrogen-bond donors (Lipinski definition) is 2. The molecule has 0 unspecified atom stereocenters. The summed E-state index contributed by atoms with van der Waals surface area (Å²) in [6.45, 7) is 0.357. The van der Waals surface area contributed by atoms with Crippen LogP contribution in [0.15, 0.2) is 18.2 Å². The normalized spacial score (nSPS) is 18.6. The molecule has 0 saturated carbocycles. The predicted molar refractivity (Wildman–Crippen MR) is 62.3 cm³/mol. The Kier molecular flexibility index (Phi) is 3.10. The number of fused-ring (bicyclic) bond motifs is 1. The van der Waals surface area contributed by atoms with Gasteiger partial charge >= 0.3 is 0 Å². The fourth-order valence-electron chi connectivity index (χ4n) is 1.91. The van der Waals surface area contributed by atoms with Crippen LogP contribution in [-0.4, -0.2) is 31.4 Å². The maximum atomic E-state index is 12.1. The van der Waals surface area contributed by atoms with Crippen molar-refractivity contribution in [3.8, 4) is 5.75 Å². The number of carbonyl (C=O) groups excluding carboxylic acids is 2. The SMILES string of the molecule is COc1ccc2c(c1)C(=O)[C@H](CCN)NC2=O. The highest BCUT2D eigenvalue weighted by atomic mass is 16.5. The topological polar surface area (TPSA) is 81.4 Å². The quantitative estimate of drug-likeness (QED) is 0.790. The van der Waals surface area contributed by atoms with Crippen LogP contribution in [0, 0.1) is 0 Å². The average Bonchev–Trinajstić information content (AvgIpc) is 2.35.